The number of nitrogens with zero attached hydrogens (tertiary/aromatic N) is 4. The number of amides is 1. The number of hydrogen-bond donors (Lipinski definition) is 1. The second-order valence-corrected chi connectivity index (χ2v) is 7.68. The van der Waals surface area contributed by atoms with Gasteiger partial charge in [-0.3, -0.25) is 14.2 Å². The molecule has 0 saturated carbocycles. The molecule has 0 aliphatic rings. The van der Waals surface area contributed by atoms with Gasteiger partial charge in [0.05, 0.1) is 40.7 Å². The van der Waals surface area contributed by atoms with Crippen molar-refractivity contribution in [1.82, 2.24) is 19.6 Å². The van der Waals surface area contributed by atoms with E-state index in [2.05, 4.69) is 31.4 Å². The van der Waals surface area contributed by atoms with Gasteiger partial charge in [-0.15, -0.1) is 0 Å². The van der Waals surface area contributed by atoms with E-state index < -0.39 is 29.5 Å². The van der Waals surface area contributed by atoms with E-state index in [1.807, 2.05) is 0 Å². The Labute approximate surface area is 186 Å². The number of halogens is 7. The fourth-order valence-corrected chi connectivity index (χ4v) is 3.41. The highest BCUT2D eigenvalue weighted by atomic mass is 79.9. The van der Waals surface area contributed by atoms with Gasteiger partial charge in [0.2, 0.25) is 5.91 Å². The molecule has 0 atom stereocenters. The molecule has 0 saturated heterocycles. The molecule has 3 aromatic rings. The van der Waals surface area contributed by atoms with Gasteiger partial charge in [0.15, 0.2) is 5.69 Å². The van der Waals surface area contributed by atoms with Crippen molar-refractivity contribution in [2.24, 2.45) is 0 Å². The Balaban J connectivity index is 1.59. The summed E-state index contributed by atoms with van der Waals surface area (Å²) in [6.45, 7) is 1.42. The van der Waals surface area contributed by atoms with Crippen molar-refractivity contribution in [3.63, 3.8) is 0 Å². The molecule has 0 spiro atoms. The molecule has 0 aliphatic carbocycles. The number of anilines is 1. The van der Waals surface area contributed by atoms with E-state index in [0.717, 1.165) is 16.8 Å². The molecule has 6 nitrogen and oxygen atoms in total. The average molecular weight is 524 g/mol. The third-order valence-corrected chi connectivity index (χ3v) is 5.42. The number of carbonyl (C=O) groups is 1. The predicted molar refractivity (Wildman–Crippen MR) is 106 cm³/mol. The molecule has 172 valence electrons. The van der Waals surface area contributed by atoms with Gasteiger partial charge >= 0.3 is 12.4 Å². The topological polar surface area (TPSA) is 64.7 Å². The van der Waals surface area contributed by atoms with Gasteiger partial charge < -0.3 is 5.32 Å². The summed E-state index contributed by atoms with van der Waals surface area (Å²) >= 11 is 2.87. The van der Waals surface area contributed by atoms with Crippen molar-refractivity contribution in [1.29, 1.82) is 0 Å². The Morgan fingerprint density at radius 1 is 1.16 bits per heavy atom. The minimum Gasteiger partial charge on any atom is -0.323 e. The molecule has 2 heterocycles. The Hall–Kier alpha value is -2.83. The Morgan fingerprint density at radius 2 is 1.88 bits per heavy atom. The van der Waals surface area contributed by atoms with Crippen LogP contribution in [0, 0.1) is 6.92 Å². The van der Waals surface area contributed by atoms with E-state index in [9.17, 15) is 31.1 Å². The zero-order valence-electron chi connectivity index (χ0n) is 16.4. The van der Waals surface area contributed by atoms with Gasteiger partial charge in [0.25, 0.3) is 0 Å². The molecule has 0 radical (unpaired) electrons. The summed E-state index contributed by atoms with van der Waals surface area (Å²) < 4.78 is 79.5. The van der Waals surface area contributed by atoms with Crippen molar-refractivity contribution in [2.75, 3.05) is 5.32 Å². The monoisotopic (exact) mass is 523 g/mol. The van der Waals surface area contributed by atoms with Crippen molar-refractivity contribution < 1.29 is 31.1 Å². The molecule has 32 heavy (non-hydrogen) atoms. The number of hydrogen-bond acceptors (Lipinski definition) is 3. The standard InChI is InChI=1S/C19H16BrF6N5O/c1-11-16(20)17(19(24,25)26)29-31(11)6-5-15(32)28-14-8-27-30(10-14)9-12-3-2-4-13(7-12)18(21,22)23/h2-4,7-8,10H,5-6,9H2,1H3,(H,28,32). The Morgan fingerprint density at radius 3 is 2.50 bits per heavy atom. The van der Waals surface area contributed by atoms with Crippen LogP contribution in [-0.4, -0.2) is 25.5 Å². The van der Waals surface area contributed by atoms with Crippen LogP contribution in [0.3, 0.4) is 0 Å². The summed E-state index contributed by atoms with van der Waals surface area (Å²) in [5.41, 5.74) is -0.924. The first kappa shape index (κ1) is 23.8. The second-order valence-electron chi connectivity index (χ2n) is 6.89. The molecule has 0 aliphatic heterocycles. The van der Waals surface area contributed by atoms with E-state index in [0.29, 0.717) is 11.3 Å². The van der Waals surface area contributed by atoms with E-state index in [1.54, 1.807) is 0 Å². The van der Waals surface area contributed by atoms with Crippen molar-refractivity contribution in [2.45, 2.75) is 38.8 Å². The van der Waals surface area contributed by atoms with Crippen LogP contribution in [-0.2, 0) is 30.2 Å². The first-order valence-electron chi connectivity index (χ1n) is 9.13. The summed E-state index contributed by atoms with van der Waals surface area (Å²) in [7, 11) is 0. The summed E-state index contributed by atoms with van der Waals surface area (Å²) in [5.74, 6) is -0.483. The van der Waals surface area contributed by atoms with Gasteiger partial charge in [0.1, 0.15) is 0 Å². The molecule has 0 unspecified atom stereocenters. The minimum atomic E-state index is -4.62. The zero-order valence-corrected chi connectivity index (χ0v) is 18.0. The first-order valence-corrected chi connectivity index (χ1v) is 9.92. The molecule has 1 aromatic carbocycles. The maximum absolute atomic E-state index is 12.9. The van der Waals surface area contributed by atoms with E-state index in [-0.39, 0.29) is 29.7 Å². The number of aryl methyl sites for hydroxylation is 1. The number of rotatable bonds is 6. The largest absolute Gasteiger partial charge is 0.436 e. The maximum atomic E-state index is 12.9. The van der Waals surface area contributed by atoms with Gasteiger partial charge in [0, 0.05) is 12.6 Å². The second kappa shape index (κ2) is 8.96. The quantitative estimate of drug-likeness (QED) is 0.448. The van der Waals surface area contributed by atoms with Crippen molar-refractivity contribution in [3.05, 3.63) is 63.6 Å². The molecule has 1 amide bonds. The van der Waals surface area contributed by atoms with Crippen LogP contribution < -0.4 is 5.32 Å². The van der Waals surface area contributed by atoms with Gasteiger partial charge in [-0.25, -0.2) is 0 Å². The van der Waals surface area contributed by atoms with Gasteiger partial charge in [-0.1, -0.05) is 12.1 Å². The third kappa shape index (κ3) is 5.69. The number of benzene rings is 1. The maximum Gasteiger partial charge on any atom is 0.436 e. The summed E-state index contributed by atoms with van der Waals surface area (Å²) in [6.07, 6.45) is -6.46. The normalized spacial score (nSPS) is 12.2. The molecule has 0 fully saturated rings. The molecular formula is C19H16BrF6N5O. The van der Waals surface area contributed by atoms with Gasteiger partial charge in [-0.05, 0) is 40.5 Å². The lowest BCUT2D eigenvalue weighted by Crippen LogP contribution is -2.16. The first-order chi connectivity index (χ1) is 14.8. The average Bonchev–Trinajstić information content (AvgIpc) is 3.24. The van der Waals surface area contributed by atoms with Crippen LogP contribution in [0.5, 0.6) is 0 Å². The van der Waals surface area contributed by atoms with Crippen molar-refractivity contribution in [3.8, 4) is 0 Å². The minimum absolute atomic E-state index is 0.0561. The fraction of sp³-hybridized carbons (Fsp3) is 0.316. The number of carbonyl (C=O) groups excluding carboxylic acids is 1. The smallest absolute Gasteiger partial charge is 0.323 e. The molecular weight excluding hydrogens is 508 g/mol. The lowest BCUT2D eigenvalue weighted by Gasteiger charge is -2.08. The van der Waals surface area contributed by atoms with E-state index in [4.69, 9.17) is 0 Å². The Bertz CT molecular complexity index is 1120. The molecule has 13 heteroatoms. The number of aromatic nitrogens is 4. The fourth-order valence-electron chi connectivity index (χ4n) is 2.90. The highest BCUT2D eigenvalue weighted by Crippen LogP contribution is 2.35. The lowest BCUT2D eigenvalue weighted by molar-refractivity contribution is -0.142. The van der Waals surface area contributed by atoms with E-state index in [1.165, 1.54) is 36.1 Å². The van der Waals surface area contributed by atoms with Crippen LogP contribution in [0.15, 0.2) is 41.1 Å². The van der Waals surface area contributed by atoms with Crippen LogP contribution in [0.25, 0.3) is 0 Å². The molecule has 0 bridgehead atoms. The molecule has 1 N–H and O–H groups in total. The predicted octanol–water partition coefficient (Wildman–Crippen LogP) is 5.27. The number of nitrogens with one attached hydrogen (secondary N) is 1. The highest BCUT2D eigenvalue weighted by Gasteiger charge is 2.38. The zero-order chi connectivity index (χ0) is 23.7. The van der Waals surface area contributed by atoms with Crippen LogP contribution in [0.4, 0.5) is 32.0 Å². The highest BCUT2D eigenvalue weighted by molar-refractivity contribution is 9.10. The van der Waals surface area contributed by atoms with E-state index >= 15 is 0 Å². The number of alkyl halides is 6. The Kier molecular flexibility index (Phi) is 6.67. The summed E-state index contributed by atoms with van der Waals surface area (Å²) in [4.78, 5) is 12.2. The SMILES string of the molecule is Cc1c(Br)c(C(F)(F)F)nn1CCC(=O)Nc1cnn(Cc2cccc(C(F)(F)F)c2)c1. The van der Waals surface area contributed by atoms with Crippen LogP contribution in [0.1, 0.15) is 28.9 Å². The van der Waals surface area contributed by atoms with Crippen molar-refractivity contribution >= 4 is 27.5 Å². The summed E-state index contributed by atoms with van der Waals surface area (Å²) in [5, 5.41) is 10.1. The third-order valence-electron chi connectivity index (χ3n) is 4.47. The van der Waals surface area contributed by atoms with Crippen LogP contribution >= 0.6 is 15.9 Å². The molecule has 2 aromatic heterocycles. The van der Waals surface area contributed by atoms with Crippen LogP contribution in [0.2, 0.25) is 0 Å². The lowest BCUT2D eigenvalue weighted by atomic mass is 10.1. The summed E-state index contributed by atoms with van der Waals surface area (Å²) in [6, 6.07) is 4.80. The van der Waals surface area contributed by atoms with Gasteiger partial charge in [-0.2, -0.15) is 36.5 Å². The molecule has 3 rings (SSSR count).